The number of carbonyl (C=O) groups is 1. The van der Waals surface area contributed by atoms with Gasteiger partial charge in [-0.1, -0.05) is 213 Å². The Hall–Kier alpha value is -0.910. The highest BCUT2D eigenvalue weighted by molar-refractivity contribution is 5.86. The second kappa shape index (κ2) is 36.9. The van der Waals surface area contributed by atoms with Crippen molar-refractivity contribution in [3.8, 4) is 0 Å². The van der Waals surface area contributed by atoms with E-state index in [9.17, 15) is 35.4 Å². The number of allylic oxidation sites excluding steroid dienone is 1. The van der Waals surface area contributed by atoms with Gasteiger partial charge < -0.3 is 40.1 Å². The van der Waals surface area contributed by atoms with Gasteiger partial charge in [-0.2, -0.15) is 0 Å². The maximum Gasteiger partial charge on any atom is 0.186 e. The highest BCUT2D eigenvalue weighted by Crippen LogP contribution is 2.25. The van der Waals surface area contributed by atoms with Crippen LogP contribution < -0.4 is 0 Å². The Balaban J connectivity index is 2.37. The van der Waals surface area contributed by atoms with Crippen LogP contribution in [0.25, 0.3) is 0 Å². The van der Waals surface area contributed by atoms with Crippen molar-refractivity contribution < 1.29 is 44.9 Å². The molecule has 1 aliphatic heterocycles. The molecule has 9 heteroatoms. The largest absolute Gasteiger partial charge is 0.394 e. The molecule has 0 saturated carbocycles. The van der Waals surface area contributed by atoms with Crippen LogP contribution in [0.4, 0.5) is 0 Å². The maximum absolute atomic E-state index is 13.5. The van der Waals surface area contributed by atoms with Crippen LogP contribution in [0.2, 0.25) is 0 Å². The zero-order valence-electron chi connectivity index (χ0n) is 37.1. The van der Waals surface area contributed by atoms with Crippen LogP contribution in [0.5, 0.6) is 0 Å². The van der Waals surface area contributed by atoms with E-state index >= 15 is 0 Å². The molecule has 1 rings (SSSR count). The predicted molar refractivity (Wildman–Crippen MR) is 233 cm³/mol. The van der Waals surface area contributed by atoms with Crippen LogP contribution in [0.3, 0.4) is 0 Å². The average molecular weight is 813 g/mol. The molecular formula is C48H92O9. The normalized spacial score (nSPS) is 22.2. The minimum absolute atomic E-state index is 0.294. The van der Waals surface area contributed by atoms with Gasteiger partial charge in [0.2, 0.25) is 0 Å². The van der Waals surface area contributed by atoms with E-state index in [1.54, 1.807) is 6.08 Å². The molecule has 6 N–H and O–H groups in total. The third-order valence-electron chi connectivity index (χ3n) is 12.3. The molecule has 57 heavy (non-hydrogen) atoms. The first-order valence-corrected chi connectivity index (χ1v) is 24.2. The molecule has 0 radical (unpaired) electrons. The van der Waals surface area contributed by atoms with Crippen molar-refractivity contribution in [1.82, 2.24) is 0 Å². The summed E-state index contributed by atoms with van der Waals surface area (Å²) < 4.78 is 11.1. The van der Waals surface area contributed by atoms with E-state index < -0.39 is 61.2 Å². The minimum atomic E-state index is -1.62. The monoisotopic (exact) mass is 813 g/mol. The summed E-state index contributed by atoms with van der Waals surface area (Å²) in [6.07, 6.45) is 31.2. The number of aliphatic hydroxyl groups excluding tert-OH is 6. The van der Waals surface area contributed by atoms with Crippen LogP contribution >= 0.6 is 0 Å². The zero-order chi connectivity index (χ0) is 41.9. The Bertz CT molecular complexity index is 930. The molecule has 0 aliphatic carbocycles. The summed E-state index contributed by atoms with van der Waals surface area (Å²) in [4.78, 5) is 13.5. The average Bonchev–Trinajstić information content (AvgIpc) is 3.21. The molecule has 9 atom stereocenters. The van der Waals surface area contributed by atoms with Gasteiger partial charge in [-0.15, -0.1) is 0 Å². The molecule has 0 aromatic heterocycles. The summed E-state index contributed by atoms with van der Waals surface area (Å²) in [5.41, 5.74) is 0. The van der Waals surface area contributed by atoms with E-state index in [-0.39, 0.29) is 6.61 Å². The van der Waals surface area contributed by atoms with Gasteiger partial charge in [-0.05, 0) is 25.2 Å². The summed E-state index contributed by atoms with van der Waals surface area (Å²) in [5.74, 6) is -0.843. The van der Waals surface area contributed by atoms with E-state index in [0.717, 1.165) is 44.4 Å². The summed E-state index contributed by atoms with van der Waals surface area (Å²) in [6, 6.07) is 0. The molecule has 1 heterocycles. The molecule has 0 aromatic rings. The Morgan fingerprint density at radius 3 is 1.51 bits per heavy atom. The number of rotatable bonds is 40. The van der Waals surface area contributed by atoms with E-state index in [0.29, 0.717) is 12.8 Å². The van der Waals surface area contributed by atoms with Crippen LogP contribution in [-0.4, -0.2) is 92.5 Å². The van der Waals surface area contributed by atoms with E-state index in [2.05, 4.69) is 20.8 Å². The summed E-state index contributed by atoms with van der Waals surface area (Å²) in [7, 11) is 0. The molecule has 0 spiro atoms. The number of carbonyl (C=O) groups excluding carboxylic acids is 1. The van der Waals surface area contributed by atoms with E-state index in [1.165, 1.54) is 148 Å². The van der Waals surface area contributed by atoms with Crippen molar-refractivity contribution in [2.45, 2.75) is 263 Å². The molecule has 1 fully saturated rings. The highest BCUT2D eigenvalue weighted by atomic mass is 16.7. The second-order valence-corrected chi connectivity index (χ2v) is 17.5. The van der Waals surface area contributed by atoms with Crippen LogP contribution in [0, 0.1) is 11.8 Å². The van der Waals surface area contributed by atoms with Gasteiger partial charge in [0.15, 0.2) is 12.1 Å². The molecule has 1 saturated heterocycles. The van der Waals surface area contributed by atoms with Crippen LogP contribution in [0.15, 0.2) is 12.2 Å². The lowest BCUT2D eigenvalue weighted by Crippen LogP contribution is -2.59. The van der Waals surface area contributed by atoms with Crippen molar-refractivity contribution in [1.29, 1.82) is 0 Å². The minimum Gasteiger partial charge on any atom is -0.394 e. The lowest BCUT2D eigenvalue weighted by molar-refractivity contribution is -0.303. The number of Topliss-reactive ketones (excluding diaryl/α,β-unsaturated/α-hetero) is 1. The lowest BCUT2D eigenvalue weighted by Gasteiger charge is -2.40. The number of unbranched alkanes of at least 4 members (excludes halogenated alkanes) is 26. The Labute approximate surface area is 349 Å². The molecule has 9 nitrogen and oxygen atoms in total. The summed E-state index contributed by atoms with van der Waals surface area (Å²) in [6.45, 7) is 5.87. The molecule has 0 aromatic carbocycles. The Kier molecular flexibility index (Phi) is 35.0. The predicted octanol–water partition coefficient (Wildman–Crippen LogP) is 10.0. The summed E-state index contributed by atoms with van der Waals surface area (Å²) in [5, 5.41) is 62.3. The zero-order valence-corrected chi connectivity index (χ0v) is 37.1. The van der Waals surface area contributed by atoms with Crippen molar-refractivity contribution in [2.75, 3.05) is 13.2 Å². The number of hydrogen-bond acceptors (Lipinski definition) is 9. The fourth-order valence-corrected chi connectivity index (χ4v) is 7.95. The van der Waals surface area contributed by atoms with Crippen molar-refractivity contribution in [2.24, 2.45) is 11.8 Å². The highest BCUT2D eigenvalue weighted by Gasteiger charge is 2.44. The van der Waals surface area contributed by atoms with Gasteiger partial charge in [0.1, 0.15) is 30.5 Å². The molecule has 1 unspecified atom stereocenters. The quantitative estimate of drug-likeness (QED) is 0.0262. The third-order valence-corrected chi connectivity index (χ3v) is 12.3. The molecular weight excluding hydrogens is 721 g/mol. The van der Waals surface area contributed by atoms with Gasteiger partial charge in [-0.3, -0.25) is 4.79 Å². The van der Waals surface area contributed by atoms with E-state index in [4.69, 9.17) is 9.47 Å². The van der Waals surface area contributed by atoms with Crippen LogP contribution in [-0.2, 0) is 14.3 Å². The fourth-order valence-electron chi connectivity index (χ4n) is 7.95. The number of ether oxygens (including phenoxy) is 2. The first-order chi connectivity index (χ1) is 27.7. The fraction of sp³-hybridized carbons (Fsp3) is 0.938. The number of ketones is 1. The van der Waals surface area contributed by atoms with Gasteiger partial charge in [0.25, 0.3) is 0 Å². The second-order valence-electron chi connectivity index (χ2n) is 17.5. The number of aliphatic hydroxyl groups is 6. The summed E-state index contributed by atoms with van der Waals surface area (Å²) >= 11 is 0. The molecule has 0 bridgehead atoms. The Morgan fingerprint density at radius 1 is 0.614 bits per heavy atom. The molecule has 338 valence electrons. The first kappa shape index (κ1) is 54.1. The van der Waals surface area contributed by atoms with Gasteiger partial charge in [-0.25, -0.2) is 0 Å². The Morgan fingerprint density at radius 2 is 1.05 bits per heavy atom. The third kappa shape index (κ3) is 26.8. The van der Waals surface area contributed by atoms with Crippen molar-refractivity contribution in [3.63, 3.8) is 0 Å². The standard InChI is InChI=1S/C48H92O9/c1-4-6-7-8-9-10-11-12-13-14-15-16-17-18-19-20-23-27-30-33-36-42(51)44(52)40(38-56-48-47(55)46(54)45(53)43(37-49)57-48)41(50)35-32-29-26-24-21-22-25-28-31-34-39(3)5-2/h32,35,39-43,45-51,53-55H,4-31,33-34,36-38H2,1-3H3/b35-32+/t39?,40-,41+,42+,43+,45-,46-,47+,48+/m0/s1. The van der Waals surface area contributed by atoms with Gasteiger partial charge >= 0.3 is 0 Å². The SMILES string of the molecule is CCCCCCCCCCCCCCCCCCCCCC[C@@H](O)C(=O)[C@@H](CO[C@@H]1O[C@H](CO)[C@H](O)[C@H](O)[C@H]1O)[C@H](O)/C=C/CCCCCCCCCC(C)CC. The topological polar surface area (TPSA) is 157 Å². The molecule has 0 amide bonds. The maximum atomic E-state index is 13.5. The van der Waals surface area contributed by atoms with Crippen LogP contribution in [0.1, 0.15) is 220 Å². The lowest BCUT2D eigenvalue weighted by atomic mass is 9.91. The smallest absolute Gasteiger partial charge is 0.186 e. The van der Waals surface area contributed by atoms with Crippen molar-refractivity contribution >= 4 is 5.78 Å². The van der Waals surface area contributed by atoms with Gasteiger partial charge in [0, 0.05) is 0 Å². The van der Waals surface area contributed by atoms with E-state index in [1.807, 2.05) is 6.08 Å². The molecule has 1 aliphatic rings. The van der Waals surface area contributed by atoms with Crippen molar-refractivity contribution in [3.05, 3.63) is 12.2 Å². The van der Waals surface area contributed by atoms with Gasteiger partial charge in [0.05, 0.1) is 25.2 Å². The number of hydrogen-bond donors (Lipinski definition) is 6. The first-order valence-electron chi connectivity index (χ1n) is 24.2.